The first-order valence-corrected chi connectivity index (χ1v) is 10.5. The van der Waals surface area contributed by atoms with Crippen molar-refractivity contribution in [3.05, 3.63) is 57.9 Å². The summed E-state index contributed by atoms with van der Waals surface area (Å²) in [6, 6.07) is 8.03. The van der Waals surface area contributed by atoms with Gasteiger partial charge in [0.1, 0.15) is 0 Å². The number of amides is 1. The fourth-order valence-corrected chi connectivity index (χ4v) is 4.29. The fourth-order valence-electron chi connectivity index (χ4n) is 3.58. The van der Waals surface area contributed by atoms with E-state index < -0.39 is 0 Å². The van der Waals surface area contributed by atoms with Gasteiger partial charge in [-0.1, -0.05) is 18.2 Å². The molecule has 1 aromatic carbocycles. The van der Waals surface area contributed by atoms with E-state index in [1.807, 2.05) is 35.9 Å². The van der Waals surface area contributed by atoms with Crippen LogP contribution in [0.5, 0.6) is 0 Å². The lowest BCUT2D eigenvalue weighted by Crippen LogP contribution is -2.15. The zero-order valence-corrected chi connectivity index (χ0v) is 17.2. The first kappa shape index (κ1) is 19.3. The molecule has 29 heavy (non-hydrogen) atoms. The highest BCUT2D eigenvalue weighted by Crippen LogP contribution is 2.29. The number of nitrogens with zero attached hydrogens (tertiary/aromatic N) is 3. The third-order valence-corrected chi connectivity index (χ3v) is 5.70. The number of nitrogens with one attached hydrogen (secondary N) is 1. The van der Waals surface area contributed by atoms with Crippen LogP contribution in [0.15, 0.2) is 29.6 Å². The number of esters is 1. The normalized spacial score (nSPS) is 12.6. The van der Waals surface area contributed by atoms with Crippen LogP contribution in [0, 0.1) is 6.92 Å². The minimum Gasteiger partial charge on any atom is -0.466 e. The molecule has 1 aliphatic rings. The molecule has 2 aromatic heterocycles. The molecule has 0 bridgehead atoms. The smallest absolute Gasteiger partial charge is 0.311 e. The van der Waals surface area contributed by atoms with Crippen molar-refractivity contribution in [3.8, 4) is 5.69 Å². The maximum atomic E-state index is 12.9. The number of ether oxygens (including phenoxy) is 1. The van der Waals surface area contributed by atoms with Crippen molar-refractivity contribution in [2.75, 3.05) is 11.9 Å². The molecule has 8 heteroatoms. The predicted molar refractivity (Wildman–Crippen MR) is 111 cm³/mol. The van der Waals surface area contributed by atoms with Crippen molar-refractivity contribution < 1.29 is 14.3 Å². The van der Waals surface area contributed by atoms with E-state index in [4.69, 9.17) is 4.74 Å². The van der Waals surface area contributed by atoms with Crippen molar-refractivity contribution in [1.29, 1.82) is 0 Å². The van der Waals surface area contributed by atoms with Crippen molar-refractivity contribution in [2.45, 2.75) is 39.5 Å². The van der Waals surface area contributed by atoms with Gasteiger partial charge < -0.3 is 4.74 Å². The zero-order chi connectivity index (χ0) is 20.4. The third kappa shape index (κ3) is 3.93. The molecular weight excluding hydrogens is 388 g/mol. The second-order valence-electron chi connectivity index (χ2n) is 6.91. The van der Waals surface area contributed by atoms with E-state index in [0.29, 0.717) is 23.1 Å². The fraction of sp³-hybridized carbons (Fsp3) is 0.333. The Morgan fingerprint density at radius 2 is 2.10 bits per heavy atom. The van der Waals surface area contributed by atoms with E-state index in [0.717, 1.165) is 41.8 Å². The van der Waals surface area contributed by atoms with E-state index in [9.17, 15) is 9.59 Å². The van der Waals surface area contributed by atoms with Crippen molar-refractivity contribution >= 4 is 28.3 Å². The number of aryl methyl sites for hydroxylation is 1. The maximum absolute atomic E-state index is 12.9. The first-order chi connectivity index (χ1) is 14.1. The second kappa shape index (κ2) is 8.16. The van der Waals surface area contributed by atoms with Gasteiger partial charge in [-0.15, -0.1) is 11.3 Å². The summed E-state index contributed by atoms with van der Waals surface area (Å²) in [7, 11) is 0. The number of fused-ring (bicyclic) bond motifs is 1. The van der Waals surface area contributed by atoms with Gasteiger partial charge in [-0.25, -0.2) is 9.67 Å². The molecule has 1 aliphatic carbocycles. The Kier molecular flexibility index (Phi) is 5.44. The number of aromatic nitrogens is 3. The van der Waals surface area contributed by atoms with Crippen LogP contribution in [0.2, 0.25) is 0 Å². The average molecular weight is 410 g/mol. The average Bonchev–Trinajstić information content (AvgIpc) is 3.39. The summed E-state index contributed by atoms with van der Waals surface area (Å²) in [5.74, 6) is -0.599. The summed E-state index contributed by atoms with van der Waals surface area (Å²) < 4.78 is 6.84. The Labute approximate surface area is 172 Å². The summed E-state index contributed by atoms with van der Waals surface area (Å²) in [6.45, 7) is 4.14. The van der Waals surface area contributed by atoms with Crippen LogP contribution in [0.25, 0.3) is 5.69 Å². The molecule has 0 aliphatic heterocycles. The van der Waals surface area contributed by atoms with Crippen LogP contribution < -0.4 is 5.32 Å². The third-order valence-electron chi connectivity index (χ3n) is 4.89. The number of anilines is 1. The Balaban J connectivity index is 1.56. The molecule has 0 fully saturated rings. The molecular formula is C21H22N4O3S. The first-order valence-electron chi connectivity index (χ1n) is 9.65. The van der Waals surface area contributed by atoms with E-state index in [1.54, 1.807) is 12.3 Å². The number of carbonyl (C=O) groups excluding carboxylic acids is 2. The van der Waals surface area contributed by atoms with E-state index in [2.05, 4.69) is 15.4 Å². The van der Waals surface area contributed by atoms with E-state index >= 15 is 0 Å². The molecule has 0 radical (unpaired) electrons. The lowest BCUT2D eigenvalue weighted by atomic mass is 10.2. The molecule has 4 rings (SSSR count). The molecule has 3 aromatic rings. The number of benzene rings is 1. The summed E-state index contributed by atoms with van der Waals surface area (Å²) in [4.78, 5) is 28.8. The molecule has 150 valence electrons. The Morgan fingerprint density at radius 1 is 1.28 bits per heavy atom. The highest BCUT2D eigenvalue weighted by atomic mass is 32.1. The van der Waals surface area contributed by atoms with Crippen LogP contribution in [-0.4, -0.2) is 33.2 Å². The van der Waals surface area contributed by atoms with Crippen molar-refractivity contribution in [3.63, 3.8) is 0 Å². The van der Waals surface area contributed by atoms with Crippen LogP contribution in [0.1, 0.15) is 46.3 Å². The minimum atomic E-state index is -0.328. The van der Waals surface area contributed by atoms with Gasteiger partial charge in [0.25, 0.3) is 5.91 Å². The zero-order valence-electron chi connectivity index (χ0n) is 16.4. The largest absolute Gasteiger partial charge is 0.466 e. The lowest BCUT2D eigenvalue weighted by molar-refractivity contribution is -0.142. The summed E-state index contributed by atoms with van der Waals surface area (Å²) in [5.41, 5.74) is 5.25. The van der Waals surface area contributed by atoms with Gasteiger partial charge in [0.15, 0.2) is 10.8 Å². The topological polar surface area (TPSA) is 86.1 Å². The Hall–Kier alpha value is -3.00. The molecule has 0 saturated carbocycles. The molecule has 0 saturated heterocycles. The van der Waals surface area contributed by atoms with Crippen molar-refractivity contribution in [2.24, 2.45) is 0 Å². The molecule has 7 nitrogen and oxygen atoms in total. The highest BCUT2D eigenvalue weighted by Gasteiger charge is 2.27. The number of para-hydroxylation sites is 1. The number of thiazole rings is 1. The monoisotopic (exact) mass is 410 g/mol. The van der Waals surface area contributed by atoms with E-state index in [-0.39, 0.29) is 18.3 Å². The number of hydrogen-bond donors (Lipinski definition) is 1. The standard InChI is InChI=1S/C21H22N4O3S/c1-3-28-18(26)11-14-12-29-21(22-14)23-20(27)19-15-8-6-10-17(15)25(24-19)16-9-5-4-7-13(16)2/h4-5,7,9,12H,3,6,8,10-11H2,1-2H3,(H,22,23,27). The van der Waals surface area contributed by atoms with Gasteiger partial charge in [0.05, 0.1) is 24.4 Å². The predicted octanol–water partition coefficient (Wildman–Crippen LogP) is 3.48. The second-order valence-corrected chi connectivity index (χ2v) is 7.76. The van der Waals surface area contributed by atoms with Crippen LogP contribution in [-0.2, 0) is 28.8 Å². The number of hydrogen-bond acceptors (Lipinski definition) is 6. The number of carbonyl (C=O) groups is 2. The molecule has 2 heterocycles. The molecule has 0 atom stereocenters. The SMILES string of the molecule is CCOC(=O)Cc1csc(NC(=O)c2nn(-c3ccccc3C)c3c2CCC3)n1. The Bertz CT molecular complexity index is 1070. The Morgan fingerprint density at radius 3 is 2.90 bits per heavy atom. The maximum Gasteiger partial charge on any atom is 0.311 e. The van der Waals surface area contributed by atoms with Crippen molar-refractivity contribution in [1.82, 2.24) is 14.8 Å². The molecule has 0 unspecified atom stereocenters. The van der Waals surface area contributed by atoms with Crippen LogP contribution >= 0.6 is 11.3 Å². The molecule has 1 N–H and O–H groups in total. The highest BCUT2D eigenvalue weighted by molar-refractivity contribution is 7.14. The van der Waals surface area contributed by atoms with Gasteiger partial charge in [-0.3, -0.25) is 14.9 Å². The molecule has 1 amide bonds. The summed E-state index contributed by atoms with van der Waals surface area (Å²) in [5, 5.41) is 9.68. The summed E-state index contributed by atoms with van der Waals surface area (Å²) in [6.07, 6.45) is 2.86. The van der Waals surface area contributed by atoms with Gasteiger partial charge in [-0.05, 0) is 44.7 Å². The van der Waals surface area contributed by atoms with Crippen LogP contribution in [0.3, 0.4) is 0 Å². The van der Waals surface area contributed by atoms with Gasteiger partial charge >= 0.3 is 5.97 Å². The minimum absolute atomic E-state index is 0.0948. The van der Waals surface area contributed by atoms with Crippen LogP contribution in [0.4, 0.5) is 5.13 Å². The molecule has 0 spiro atoms. The van der Waals surface area contributed by atoms with Gasteiger partial charge in [-0.2, -0.15) is 5.10 Å². The lowest BCUT2D eigenvalue weighted by Gasteiger charge is -2.08. The quantitative estimate of drug-likeness (QED) is 0.629. The van der Waals surface area contributed by atoms with Gasteiger partial charge in [0.2, 0.25) is 0 Å². The van der Waals surface area contributed by atoms with E-state index in [1.165, 1.54) is 11.3 Å². The summed E-state index contributed by atoms with van der Waals surface area (Å²) >= 11 is 1.29. The van der Waals surface area contributed by atoms with Gasteiger partial charge in [0, 0.05) is 16.6 Å². The number of rotatable bonds is 6.